The van der Waals surface area contributed by atoms with Crippen LogP contribution in [0.5, 0.6) is 0 Å². The zero-order valence-corrected chi connectivity index (χ0v) is 20.3. The fourth-order valence-corrected chi connectivity index (χ4v) is 3.67. The highest BCUT2D eigenvalue weighted by Gasteiger charge is 2.21. The van der Waals surface area contributed by atoms with Crippen LogP contribution in [0.3, 0.4) is 0 Å². The SMILES string of the molecule is C=C(NC=C(C(N)=O)C(N)=N[C@H](C)c1ccccc1)Nc1cccc(NC(=O)N2CCC(O)CC2)c1. The van der Waals surface area contributed by atoms with Gasteiger partial charge in [0.05, 0.1) is 23.5 Å². The third-order valence-electron chi connectivity index (χ3n) is 5.71. The second-order valence-corrected chi connectivity index (χ2v) is 8.50. The van der Waals surface area contributed by atoms with Crippen LogP contribution in [0.2, 0.25) is 0 Å². The number of nitrogens with one attached hydrogen (secondary N) is 3. The number of hydrogen-bond acceptors (Lipinski definition) is 6. The minimum Gasteiger partial charge on any atom is -0.393 e. The smallest absolute Gasteiger partial charge is 0.321 e. The third kappa shape index (κ3) is 7.60. The van der Waals surface area contributed by atoms with Crippen LogP contribution in [0.1, 0.15) is 31.4 Å². The van der Waals surface area contributed by atoms with Gasteiger partial charge in [0.1, 0.15) is 5.84 Å². The van der Waals surface area contributed by atoms with Crippen LogP contribution in [-0.4, -0.2) is 47.0 Å². The maximum Gasteiger partial charge on any atom is 0.321 e. The molecule has 0 radical (unpaired) electrons. The molecule has 0 saturated carbocycles. The Balaban J connectivity index is 1.60. The van der Waals surface area contributed by atoms with Crippen molar-refractivity contribution in [3.8, 4) is 0 Å². The van der Waals surface area contributed by atoms with Crippen molar-refractivity contribution in [1.29, 1.82) is 0 Å². The summed E-state index contributed by atoms with van der Waals surface area (Å²) in [6, 6.07) is 16.2. The molecule has 36 heavy (non-hydrogen) atoms. The molecule has 1 aliphatic heterocycles. The van der Waals surface area contributed by atoms with Gasteiger partial charge in [0.25, 0.3) is 5.91 Å². The Labute approximate surface area is 210 Å². The Hall–Kier alpha value is -4.31. The average Bonchev–Trinajstić information content (AvgIpc) is 2.85. The zero-order chi connectivity index (χ0) is 26.1. The number of aliphatic hydroxyl groups is 1. The molecule has 1 saturated heterocycles. The number of urea groups is 1. The highest BCUT2D eigenvalue weighted by Crippen LogP contribution is 2.19. The van der Waals surface area contributed by atoms with Crippen LogP contribution in [0.4, 0.5) is 16.2 Å². The molecule has 2 aromatic carbocycles. The van der Waals surface area contributed by atoms with E-state index in [1.807, 2.05) is 37.3 Å². The molecule has 10 heteroatoms. The van der Waals surface area contributed by atoms with Crippen LogP contribution >= 0.6 is 0 Å². The first-order valence-corrected chi connectivity index (χ1v) is 11.7. The van der Waals surface area contributed by atoms with Gasteiger partial charge in [-0.2, -0.15) is 0 Å². The molecule has 1 aliphatic rings. The van der Waals surface area contributed by atoms with Gasteiger partial charge in [-0.1, -0.05) is 43.0 Å². The number of aliphatic hydroxyl groups excluding tert-OH is 1. The standard InChI is InChI=1S/C26H33N7O3/c1-17(19-7-4-3-5-8-19)30-24(27)23(25(28)35)16-29-18(2)31-20-9-6-10-21(15-20)32-26(36)33-13-11-22(34)12-14-33/h3-10,15-17,22,29,31,34H,2,11-14H2,1H3,(H2,27,30)(H2,28,35)(H,32,36)/t17-/m1/s1. The predicted molar refractivity (Wildman–Crippen MR) is 142 cm³/mol. The molecular formula is C26H33N7O3. The van der Waals surface area contributed by atoms with Crippen molar-refractivity contribution in [3.05, 3.63) is 84.3 Å². The molecule has 0 spiro atoms. The van der Waals surface area contributed by atoms with Gasteiger partial charge in [-0.05, 0) is 43.5 Å². The van der Waals surface area contributed by atoms with E-state index in [9.17, 15) is 14.7 Å². The molecule has 1 atom stereocenters. The van der Waals surface area contributed by atoms with Gasteiger partial charge >= 0.3 is 6.03 Å². The first-order chi connectivity index (χ1) is 17.2. The van der Waals surface area contributed by atoms with E-state index >= 15 is 0 Å². The van der Waals surface area contributed by atoms with E-state index in [-0.39, 0.29) is 29.6 Å². The molecule has 190 valence electrons. The Bertz CT molecular complexity index is 1140. The number of amidine groups is 1. The quantitative estimate of drug-likeness (QED) is 0.180. The lowest BCUT2D eigenvalue weighted by Crippen LogP contribution is -2.42. The molecule has 0 aliphatic carbocycles. The number of piperidine rings is 1. The number of benzene rings is 2. The highest BCUT2D eigenvalue weighted by atomic mass is 16.3. The summed E-state index contributed by atoms with van der Waals surface area (Å²) in [5.41, 5.74) is 13.8. The zero-order valence-electron chi connectivity index (χ0n) is 20.3. The summed E-state index contributed by atoms with van der Waals surface area (Å²) in [6.07, 6.45) is 2.15. The molecule has 0 bridgehead atoms. The first-order valence-electron chi connectivity index (χ1n) is 11.7. The van der Waals surface area contributed by atoms with Gasteiger partial charge in [0.15, 0.2) is 0 Å². The van der Waals surface area contributed by atoms with Crippen LogP contribution < -0.4 is 27.4 Å². The molecule has 3 amide bonds. The topological polar surface area (TPSA) is 158 Å². The van der Waals surface area contributed by atoms with E-state index in [2.05, 4.69) is 27.5 Å². The highest BCUT2D eigenvalue weighted by molar-refractivity contribution is 6.19. The summed E-state index contributed by atoms with van der Waals surface area (Å²) in [5, 5.41) is 18.4. The fourth-order valence-electron chi connectivity index (χ4n) is 3.67. The Morgan fingerprint density at radius 3 is 2.36 bits per heavy atom. The Morgan fingerprint density at radius 1 is 1.08 bits per heavy atom. The summed E-state index contributed by atoms with van der Waals surface area (Å²) in [5.74, 6) is -0.369. The number of aliphatic imine (C=N–C) groups is 1. The molecule has 10 nitrogen and oxygen atoms in total. The first kappa shape index (κ1) is 26.3. The Morgan fingerprint density at radius 2 is 1.72 bits per heavy atom. The van der Waals surface area contributed by atoms with Crippen LogP contribution in [-0.2, 0) is 4.79 Å². The second-order valence-electron chi connectivity index (χ2n) is 8.50. The van der Waals surface area contributed by atoms with Crippen molar-refractivity contribution in [2.75, 3.05) is 23.7 Å². The minimum absolute atomic E-state index is 0.00842. The maximum atomic E-state index is 12.5. The van der Waals surface area contributed by atoms with Crippen molar-refractivity contribution >= 4 is 29.1 Å². The van der Waals surface area contributed by atoms with Gasteiger partial charge in [-0.25, -0.2) is 4.79 Å². The van der Waals surface area contributed by atoms with Crippen molar-refractivity contribution in [1.82, 2.24) is 10.2 Å². The second kappa shape index (κ2) is 12.4. The number of amides is 3. The van der Waals surface area contributed by atoms with E-state index in [1.165, 1.54) is 6.20 Å². The lowest BCUT2D eigenvalue weighted by atomic mass is 10.1. The molecular weight excluding hydrogens is 458 g/mol. The van der Waals surface area contributed by atoms with E-state index in [0.717, 1.165) is 5.56 Å². The Kier molecular flexibility index (Phi) is 9.07. The monoisotopic (exact) mass is 491 g/mol. The van der Waals surface area contributed by atoms with Crippen LogP contribution in [0, 0.1) is 0 Å². The van der Waals surface area contributed by atoms with E-state index in [4.69, 9.17) is 11.5 Å². The van der Waals surface area contributed by atoms with Crippen molar-refractivity contribution in [3.63, 3.8) is 0 Å². The summed E-state index contributed by atoms with van der Waals surface area (Å²) in [7, 11) is 0. The summed E-state index contributed by atoms with van der Waals surface area (Å²) in [4.78, 5) is 30.5. The maximum absolute atomic E-state index is 12.5. The average molecular weight is 492 g/mol. The predicted octanol–water partition coefficient (Wildman–Crippen LogP) is 2.64. The van der Waals surface area contributed by atoms with Crippen molar-refractivity contribution in [2.45, 2.75) is 31.9 Å². The lowest BCUT2D eigenvalue weighted by molar-refractivity contribution is -0.114. The summed E-state index contributed by atoms with van der Waals surface area (Å²) in [6.45, 7) is 6.79. The molecule has 2 aromatic rings. The fraction of sp³-hybridized carbons (Fsp3) is 0.269. The van der Waals surface area contributed by atoms with E-state index < -0.39 is 5.91 Å². The van der Waals surface area contributed by atoms with Gasteiger partial charge in [-0.3, -0.25) is 9.79 Å². The lowest BCUT2D eigenvalue weighted by Gasteiger charge is -2.29. The molecule has 1 heterocycles. The molecule has 0 unspecified atom stereocenters. The van der Waals surface area contributed by atoms with E-state index in [0.29, 0.717) is 43.1 Å². The van der Waals surface area contributed by atoms with E-state index in [1.54, 1.807) is 29.2 Å². The number of primary amides is 1. The summed E-state index contributed by atoms with van der Waals surface area (Å²) >= 11 is 0. The number of nitrogens with zero attached hydrogens (tertiary/aromatic N) is 2. The third-order valence-corrected chi connectivity index (χ3v) is 5.71. The van der Waals surface area contributed by atoms with Crippen molar-refractivity contribution < 1.29 is 14.7 Å². The van der Waals surface area contributed by atoms with Gasteiger partial charge in [-0.15, -0.1) is 0 Å². The van der Waals surface area contributed by atoms with Crippen LogP contribution in [0.15, 0.2) is 83.8 Å². The number of carbonyl (C=O) groups excluding carboxylic acids is 2. The number of anilines is 2. The number of rotatable bonds is 9. The summed E-state index contributed by atoms with van der Waals surface area (Å²) < 4.78 is 0. The largest absolute Gasteiger partial charge is 0.393 e. The van der Waals surface area contributed by atoms with Gasteiger partial charge in [0, 0.05) is 30.7 Å². The van der Waals surface area contributed by atoms with Gasteiger partial charge < -0.3 is 37.4 Å². The number of hydrogen-bond donors (Lipinski definition) is 6. The number of carbonyl (C=O) groups is 2. The normalized spacial score (nSPS) is 15.7. The molecule has 8 N–H and O–H groups in total. The molecule has 3 rings (SSSR count). The van der Waals surface area contributed by atoms with Gasteiger partial charge in [0.2, 0.25) is 0 Å². The minimum atomic E-state index is -0.730. The molecule has 0 aromatic heterocycles. The number of nitrogens with two attached hydrogens (primary N) is 2. The number of likely N-dealkylation sites (tertiary alicyclic amines) is 1. The molecule has 1 fully saturated rings. The van der Waals surface area contributed by atoms with Crippen LogP contribution in [0.25, 0.3) is 0 Å². The van der Waals surface area contributed by atoms with Crippen molar-refractivity contribution in [2.24, 2.45) is 16.5 Å².